The number of carboxylic acid groups (broad SMARTS) is 1. The molecule has 1 rings (SSSR count). The highest BCUT2D eigenvalue weighted by atomic mass is 32.2. The van der Waals surface area contributed by atoms with Gasteiger partial charge in [0.2, 0.25) is 15.0 Å². The fourth-order valence-electron chi connectivity index (χ4n) is 1.53. The van der Waals surface area contributed by atoms with Crippen LogP contribution in [0.1, 0.15) is 29.3 Å². The van der Waals surface area contributed by atoms with Crippen LogP contribution in [-0.2, 0) is 16.6 Å². The highest BCUT2D eigenvalue weighted by Gasteiger charge is 2.21. The Bertz CT molecular complexity index is 551. The van der Waals surface area contributed by atoms with E-state index in [9.17, 15) is 13.2 Å². The zero-order chi connectivity index (χ0) is 14.7. The van der Waals surface area contributed by atoms with Gasteiger partial charge in [-0.05, 0) is 13.8 Å². The zero-order valence-electron chi connectivity index (χ0n) is 10.9. The highest BCUT2D eigenvalue weighted by Crippen LogP contribution is 2.09. The third kappa shape index (κ3) is 6.10. The Labute approximate surface area is 116 Å². The Morgan fingerprint density at radius 1 is 1.53 bits per heavy atom. The molecule has 108 valence electrons. The smallest absolute Gasteiger partial charge is 0.365 e. The van der Waals surface area contributed by atoms with Crippen LogP contribution in [0.3, 0.4) is 0 Å². The van der Waals surface area contributed by atoms with E-state index in [1.807, 2.05) is 0 Å². The standard InChI is InChI=1S/C10H17N3O4S2/c1-10(2,13-19(3,16)17)6-11-4-7-5-18-8(12-7)9(14)15/h5,11,13H,4,6H2,1-3H3,(H,14,15). The van der Waals surface area contributed by atoms with E-state index in [0.717, 1.165) is 17.6 Å². The quantitative estimate of drug-likeness (QED) is 0.667. The van der Waals surface area contributed by atoms with Crippen LogP contribution in [0.4, 0.5) is 0 Å². The van der Waals surface area contributed by atoms with Crippen molar-refractivity contribution in [3.63, 3.8) is 0 Å². The number of hydrogen-bond acceptors (Lipinski definition) is 6. The van der Waals surface area contributed by atoms with Gasteiger partial charge in [-0.25, -0.2) is 22.9 Å². The molecule has 1 heterocycles. The van der Waals surface area contributed by atoms with Crippen molar-refractivity contribution >= 4 is 27.3 Å². The molecule has 9 heteroatoms. The van der Waals surface area contributed by atoms with E-state index in [-0.39, 0.29) is 5.01 Å². The number of aromatic nitrogens is 1. The van der Waals surface area contributed by atoms with Gasteiger partial charge < -0.3 is 10.4 Å². The number of nitrogens with zero attached hydrogens (tertiary/aromatic N) is 1. The predicted octanol–water partition coefficient (Wildman–Crippen LogP) is 0.259. The molecule has 0 saturated carbocycles. The molecule has 0 aromatic carbocycles. The molecule has 0 aliphatic rings. The summed E-state index contributed by atoms with van der Waals surface area (Å²) in [6, 6.07) is 0. The van der Waals surface area contributed by atoms with Crippen LogP contribution in [0.15, 0.2) is 5.38 Å². The molecule has 0 atom stereocenters. The first-order valence-corrected chi connectivity index (χ1v) is 8.23. The van der Waals surface area contributed by atoms with Crippen molar-refractivity contribution < 1.29 is 18.3 Å². The van der Waals surface area contributed by atoms with Gasteiger partial charge >= 0.3 is 5.97 Å². The number of carboxylic acids is 1. The normalized spacial score (nSPS) is 12.6. The van der Waals surface area contributed by atoms with Crippen molar-refractivity contribution in [3.05, 3.63) is 16.1 Å². The van der Waals surface area contributed by atoms with Gasteiger partial charge in [0.25, 0.3) is 0 Å². The van der Waals surface area contributed by atoms with Gasteiger partial charge in [0.1, 0.15) is 0 Å². The third-order valence-corrected chi connectivity index (χ3v) is 3.87. The fraction of sp³-hybridized carbons (Fsp3) is 0.600. The molecule has 7 nitrogen and oxygen atoms in total. The van der Waals surface area contributed by atoms with E-state index in [4.69, 9.17) is 5.11 Å². The van der Waals surface area contributed by atoms with E-state index in [1.54, 1.807) is 19.2 Å². The van der Waals surface area contributed by atoms with Crippen LogP contribution in [0.2, 0.25) is 0 Å². The summed E-state index contributed by atoms with van der Waals surface area (Å²) in [5.74, 6) is -1.05. The Hall–Kier alpha value is -1.03. The maximum Gasteiger partial charge on any atom is 0.365 e. The van der Waals surface area contributed by atoms with Crippen molar-refractivity contribution in [1.82, 2.24) is 15.0 Å². The minimum absolute atomic E-state index is 0.0466. The first-order chi connectivity index (χ1) is 8.59. The molecule has 0 saturated heterocycles. The molecule has 3 N–H and O–H groups in total. The fourth-order valence-corrected chi connectivity index (χ4v) is 3.26. The van der Waals surface area contributed by atoms with E-state index >= 15 is 0 Å². The van der Waals surface area contributed by atoms with Crippen molar-refractivity contribution in [2.75, 3.05) is 12.8 Å². The van der Waals surface area contributed by atoms with E-state index < -0.39 is 21.5 Å². The second-order valence-electron chi connectivity index (χ2n) is 4.81. The van der Waals surface area contributed by atoms with Gasteiger partial charge in [0.05, 0.1) is 11.9 Å². The van der Waals surface area contributed by atoms with Crippen LogP contribution in [0.25, 0.3) is 0 Å². The SMILES string of the molecule is CC(C)(CNCc1csc(C(=O)O)n1)NS(C)(=O)=O. The maximum atomic E-state index is 11.1. The summed E-state index contributed by atoms with van der Waals surface area (Å²) in [5, 5.41) is 13.5. The molecule has 0 aliphatic heterocycles. The molecule has 0 unspecified atom stereocenters. The molecule has 0 bridgehead atoms. The average Bonchev–Trinajstić information content (AvgIpc) is 2.61. The molecule has 19 heavy (non-hydrogen) atoms. The minimum atomic E-state index is -3.27. The molecule has 0 aliphatic carbocycles. The van der Waals surface area contributed by atoms with Gasteiger partial charge in [-0.3, -0.25) is 0 Å². The number of thiazole rings is 1. The second-order valence-corrected chi connectivity index (χ2v) is 7.42. The van der Waals surface area contributed by atoms with E-state index in [2.05, 4.69) is 15.0 Å². The first-order valence-electron chi connectivity index (χ1n) is 5.46. The number of hydrogen-bond donors (Lipinski definition) is 3. The largest absolute Gasteiger partial charge is 0.476 e. The third-order valence-electron chi connectivity index (χ3n) is 2.07. The monoisotopic (exact) mass is 307 g/mol. The Morgan fingerprint density at radius 3 is 2.63 bits per heavy atom. The number of rotatable bonds is 7. The Kier molecular flexibility index (Phi) is 5.02. The van der Waals surface area contributed by atoms with Crippen molar-refractivity contribution in [2.24, 2.45) is 0 Å². The molecular weight excluding hydrogens is 290 g/mol. The average molecular weight is 307 g/mol. The summed E-state index contributed by atoms with van der Waals surface area (Å²) >= 11 is 1.06. The number of carbonyl (C=O) groups is 1. The van der Waals surface area contributed by atoms with E-state index in [0.29, 0.717) is 18.8 Å². The van der Waals surface area contributed by atoms with Gasteiger partial charge in [0, 0.05) is 24.0 Å². The molecule has 0 radical (unpaired) electrons. The van der Waals surface area contributed by atoms with Crippen LogP contribution in [0, 0.1) is 0 Å². The number of sulfonamides is 1. The number of aromatic carboxylic acids is 1. The van der Waals surface area contributed by atoms with E-state index in [1.165, 1.54) is 0 Å². The summed E-state index contributed by atoms with van der Waals surface area (Å²) in [6.07, 6.45) is 1.11. The lowest BCUT2D eigenvalue weighted by Gasteiger charge is -2.25. The molecular formula is C10H17N3O4S2. The minimum Gasteiger partial charge on any atom is -0.476 e. The van der Waals surface area contributed by atoms with Gasteiger partial charge in [-0.2, -0.15) is 0 Å². The number of nitrogens with one attached hydrogen (secondary N) is 2. The summed E-state index contributed by atoms with van der Waals surface area (Å²) < 4.78 is 24.8. The highest BCUT2D eigenvalue weighted by molar-refractivity contribution is 7.88. The van der Waals surface area contributed by atoms with Crippen LogP contribution in [0.5, 0.6) is 0 Å². The second kappa shape index (κ2) is 5.95. The lowest BCUT2D eigenvalue weighted by atomic mass is 10.1. The van der Waals surface area contributed by atoms with Crippen molar-refractivity contribution in [2.45, 2.75) is 25.9 Å². The molecule has 0 spiro atoms. The lowest BCUT2D eigenvalue weighted by molar-refractivity contribution is 0.0696. The molecule has 1 aromatic heterocycles. The van der Waals surface area contributed by atoms with Gasteiger partial charge in [-0.15, -0.1) is 11.3 Å². The summed E-state index contributed by atoms with van der Waals surface area (Å²) in [5.41, 5.74) is -0.00302. The molecule has 0 fully saturated rings. The van der Waals surface area contributed by atoms with Gasteiger partial charge in [-0.1, -0.05) is 0 Å². The topological polar surface area (TPSA) is 108 Å². The molecule has 1 aromatic rings. The lowest BCUT2D eigenvalue weighted by Crippen LogP contribution is -2.49. The summed E-state index contributed by atoms with van der Waals surface area (Å²) in [7, 11) is -3.27. The molecule has 0 amide bonds. The van der Waals surface area contributed by atoms with Crippen LogP contribution in [-0.4, -0.2) is 42.8 Å². The Morgan fingerprint density at radius 2 is 2.16 bits per heavy atom. The Balaban J connectivity index is 2.47. The zero-order valence-corrected chi connectivity index (χ0v) is 12.6. The first kappa shape index (κ1) is 16.0. The van der Waals surface area contributed by atoms with Crippen molar-refractivity contribution in [3.8, 4) is 0 Å². The van der Waals surface area contributed by atoms with Crippen LogP contribution >= 0.6 is 11.3 Å². The van der Waals surface area contributed by atoms with Crippen LogP contribution < -0.4 is 10.0 Å². The van der Waals surface area contributed by atoms with Crippen molar-refractivity contribution in [1.29, 1.82) is 0 Å². The van der Waals surface area contributed by atoms with Gasteiger partial charge in [0.15, 0.2) is 0 Å². The summed E-state index contributed by atoms with van der Waals surface area (Å²) in [6.45, 7) is 4.30. The predicted molar refractivity (Wildman–Crippen MR) is 72.8 cm³/mol. The summed E-state index contributed by atoms with van der Waals surface area (Å²) in [4.78, 5) is 14.6. The maximum absolute atomic E-state index is 11.1.